The molecule has 0 saturated carbocycles. The van der Waals surface area contributed by atoms with Crippen LogP contribution < -0.4 is 9.80 Å². The van der Waals surface area contributed by atoms with E-state index in [-0.39, 0.29) is 22.2 Å². The lowest BCUT2D eigenvalue weighted by Gasteiger charge is -2.40. The summed E-state index contributed by atoms with van der Waals surface area (Å²) in [6.07, 6.45) is 0. The van der Waals surface area contributed by atoms with Gasteiger partial charge in [-0.3, -0.25) is 9.98 Å². The average Bonchev–Trinajstić information content (AvgIpc) is 3.38. The maximum atomic E-state index is 5.46. The van der Waals surface area contributed by atoms with E-state index in [0.717, 1.165) is 72.9 Å². The van der Waals surface area contributed by atoms with Crippen LogP contribution in [-0.4, -0.2) is 43.8 Å². The van der Waals surface area contributed by atoms with E-state index in [9.17, 15) is 0 Å². The summed E-state index contributed by atoms with van der Waals surface area (Å²) in [6.45, 7) is 22.0. The van der Waals surface area contributed by atoms with Crippen molar-refractivity contribution in [3.63, 3.8) is 0 Å². The lowest BCUT2D eigenvalue weighted by atomic mass is 9.83. The van der Waals surface area contributed by atoms with Crippen molar-refractivity contribution in [2.24, 2.45) is 9.98 Å². The molecule has 0 N–H and O–H groups in total. The zero-order chi connectivity index (χ0) is 36.8. The number of aromatic nitrogens is 2. The molecular formula is C46H48N6. The number of aliphatic imine (C=N–C) groups is 2. The highest BCUT2D eigenvalue weighted by molar-refractivity contribution is 6.21. The van der Waals surface area contributed by atoms with Crippen LogP contribution in [0.25, 0.3) is 55.2 Å². The molecule has 4 aromatic carbocycles. The Bertz CT molecular complexity index is 2450. The lowest BCUT2D eigenvalue weighted by molar-refractivity contribution is 0.337. The number of anilines is 2. The Hall–Kier alpha value is -5.36. The molecule has 262 valence electrons. The lowest BCUT2D eigenvalue weighted by Crippen LogP contribution is -2.53. The molecule has 0 saturated heterocycles. The van der Waals surface area contributed by atoms with Gasteiger partial charge in [0.2, 0.25) is 0 Å². The number of nitrogens with zero attached hydrogens (tertiary/aromatic N) is 6. The molecule has 6 aromatic rings. The highest BCUT2D eigenvalue weighted by Gasteiger charge is 2.49. The molecule has 0 atom stereocenters. The van der Waals surface area contributed by atoms with Gasteiger partial charge in [-0.1, -0.05) is 78.9 Å². The van der Waals surface area contributed by atoms with Crippen molar-refractivity contribution in [2.45, 2.75) is 91.4 Å². The van der Waals surface area contributed by atoms with E-state index in [0.29, 0.717) is 0 Å². The van der Waals surface area contributed by atoms with E-state index in [1.165, 1.54) is 5.56 Å². The zero-order valence-electron chi connectivity index (χ0n) is 32.1. The van der Waals surface area contributed by atoms with Crippen molar-refractivity contribution >= 4 is 44.9 Å². The molecule has 52 heavy (non-hydrogen) atoms. The van der Waals surface area contributed by atoms with Gasteiger partial charge >= 0.3 is 0 Å². The second-order valence-electron chi connectivity index (χ2n) is 16.4. The number of pyridine rings is 2. The van der Waals surface area contributed by atoms with Crippen molar-refractivity contribution in [2.75, 3.05) is 9.80 Å². The molecule has 8 rings (SSSR count). The Balaban J connectivity index is 1.40. The Morgan fingerprint density at radius 1 is 0.423 bits per heavy atom. The molecule has 0 radical (unpaired) electrons. The van der Waals surface area contributed by atoms with E-state index >= 15 is 0 Å². The van der Waals surface area contributed by atoms with Crippen molar-refractivity contribution < 1.29 is 0 Å². The summed E-state index contributed by atoms with van der Waals surface area (Å²) in [7, 11) is 0. The molecule has 0 spiro atoms. The van der Waals surface area contributed by atoms with E-state index in [2.05, 4.69) is 188 Å². The van der Waals surface area contributed by atoms with Crippen LogP contribution in [0.1, 0.15) is 69.2 Å². The molecule has 4 heterocycles. The summed E-state index contributed by atoms with van der Waals surface area (Å²) in [5, 5.41) is 4.55. The second-order valence-corrected chi connectivity index (χ2v) is 16.4. The third-order valence-corrected chi connectivity index (χ3v) is 12.2. The van der Waals surface area contributed by atoms with Crippen molar-refractivity contribution in [3.8, 4) is 33.6 Å². The van der Waals surface area contributed by atoms with Gasteiger partial charge in [0, 0.05) is 11.1 Å². The van der Waals surface area contributed by atoms with Crippen LogP contribution in [0.2, 0.25) is 0 Å². The molecule has 6 heteroatoms. The van der Waals surface area contributed by atoms with Gasteiger partial charge in [-0.2, -0.15) is 0 Å². The van der Waals surface area contributed by atoms with Gasteiger partial charge in [-0.05, 0) is 132 Å². The Morgan fingerprint density at radius 3 is 1.33 bits per heavy atom. The first-order valence-electron chi connectivity index (χ1n) is 18.3. The standard InChI is InChI=1S/C46H48N6/c1-29-49-43(3,4)45(7,8)51(29)39-24-16-22-37(47-39)41-33-20-14-15-21-34(33)42(36-28-32(26-27-35(36)41)31-18-12-11-13-19-31)38-23-17-25-40(48-38)52-30(2)50-44(5,6)46(52,9)10/h11-28H,1-10H3. The minimum Gasteiger partial charge on any atom is -0.307 e. The van der Waals surface area contributed by atoms with Gasteiger partial charge in [0.15, 0.2) is 0 Å². The first-order valence-corrected chi connectivity index (χ1v) is 18.3. The molecule has 0 aliphatic carbocycles. The summed E-state index contributed by atoms with van der Waals surface area (Å²) < 4.78 is 0. The maximum absolute atomic E-state index is 5.46. The van der Waals surface area contributed by atoms with Crippen LogP contribution in [0.15, 0.2) is 119 Å². The molecule has 2 aromatic heterocycles. The first kappa shape index (κ1) is 33.8. The summed E-state index contributed by atoms with van der Waals surface area (Å²) in [5.41, 5.74) is 5.40. The quantitative estimate of drug-likeness (QED) is 0.170. The highest BCUT2D eigenvalue weighted by Crippen LogP contribution is 2.47. The Kier molecular flexibility index (Phi) is 7.52. The topological polar surface area (TPSA) is 57.0 Å². The third-order valence-electron chi connectivity index (χ3n) is 12.2. The maximum Gasteiger partial charge on any atom is 0.135 e. The highest BCUT2D eigenvalue weighted by atomic mass is 15.4. The predicted octanol–water partition coefficient (Wildman–Crippen LogP) is 11.4. The second kappa shape index (κ2) is 11.6. The minimum absolute atomic E-state index is 0.250. The Morgan fingerprint density at radius 2 is 0.865 bits per heavy atom. The monoisotopic (exact) mass is 684 g/mol. The van der Waals surface area contributed by atoms with Crippen LogP contribution in [0.3, 0.4) is 0 Å². The number of fused-ring (bicyclic) bond motifs is 2. The predicted molar refractivity (Wildman–Crippen MR) is 221 cm³/mol. The number of rotatable bonds is 5. The number of hydrogen-bond acceptors (Lipinski definition) is 6. The van der Waals surface area contributed by atoms with Gasteiger partial charge in [-0.25, -0.2) is 9.97 Å². The van der Waals surface area contributed by atoms with Crippen molar-refractivity contribution in [3.05, 3.63) is 109 Å². The molecular weight excluding hydrogens is 637 g/mol. The molecule has 0 fully saturated rings. The van der Waals surface area contributed by atoms with Crippen LogP contribution in [0.4, 0.5) is 11.6 Å². The van der Waals surface area contributed by atoms with Gasteiger partial charge in [0.25, 0.3) is 0 Å². The number of amidine groups is 2. The van der Waals surface area contributed by atoms with E-state index in [4.69, 9.17) is 20.0 Å². The fourth-order valence-corrected chi connectivity index (χ4v) is 8.36. The fraction of sp³-hybridized carbons (Fsp3) is 0.304. The van der Waals surface area contributed by atoms with Crippen LogP contribution in [-0.2, 0) is 0 Å². The molecule has 6 nitrogen and oxygen atoms in total. The molecule has 2 aliphatic rings. The first-order chi connectivity index (χ1) is 24.6. The summed E-state index contributed by atoms with van der Waals surface area (Å²) in [5.74, 6) is 3.76. The van der Waals surface area contributed by atoms with Crippen molar-refractivity contribution in [1.82, 2.24) is 9.97 Å². The average molecular weight is 685 g/mol. The molecule has 0 bridgehead atoms. The SMILES string of the molecule is CC1=NC(C)(C)C(C)(C)N1c1cccc(-c2c3ccccc3c(-c3cccc(N4C(C)=NC(C)(C)C4(C)C)n3)c3cc(-c4ccccc4)ccc23)n1. The molecule has 0 unspecified atom stereocenters. The van der Waals surface area contributed by atoms with Crippen LogP contribution >= 0.6 is 0 Å². The van der Waals surface area contributed by atoms with Gasteiger partial charge in [-0.15, -0.1) is 0 Å². The largest absolute Gasteiger partial charge is 0.307 e. The van der Waals surface area contributed by atoms with Gasteiger partial charge in [0.1, 0.15) is 23.3 Å². The van der Waals surface area contributed by atoms with Crippen molar-refractivity contribution in [1.29, 1.82) is 0 Å². The fourth-order valence-electron chi connectivity index (χ4n) is 8.36. The smallest absolute Gasteiger partial charge is 0.135 e. The summed E-state index contributed by atoms with van der Waals surface area (Å²) in [4.78, 5) is 25.6. The van der Waals surface area contributed by atoms with E-state index in [1.807, 2.05) is 0 Å². The van der Waals surface area contributed by atoms with E-state index in [1.54, 1.807) is 0 Å². The van der Waals surface area contributed by atoms with Gasteiger partial charge in [0.05, 0.1) is 33.5 Å². The normalized spacial score (nSPS) is 18.6. The molecule has 0 amide bonds. The summed E-state index contributed by atoms with van der Waals surface area (Å²) >= 11 is 0. The van der Waals surface area contributed by atoms with E-state index < -0.39 is 0 Å². The number of hydrogen-bond donors (Lipinski definition) is 0. The zero-order valence-corrected chi connectivity index (χ0v) is 32.1. The van der Waals surface area contributed by atoms with Crippen LogP contribution in [0, 0.1) is 0 Å². The van der Waals surface area contributed by atoms with Crippen LogP contribution in [0.5, 0.6) is 0 Å². The Labute approximate surface area is 308 Å². The molecule has 2 aliphatic heterocycles. The minimum atomic E-state index is -0.258. The summed E-state index contributed by atoms with van der Waals surface area (Å²) in [6, 6.07) is 39.0. The van der Waals surface area contributed by atoms with Gasteiger partial charge < -0.3 is 9.80 Å². The third kappa shape index (κ3) is 4.98. The number of benzene rings is 4.